The predicted octanol–water partition coefficient (Wildman–Crippen LogP) is -1.07. The summed E-state index contributed by atoms with van der Waals surface area (Å²) in [5.41, 5.74) is 5.19. The first-order chi connectivity index (χ1) is 5.68. The summed E-state index contributed by atoms with van der Waals surface area (Å²) < 4.78 is 0. The molecule has 0 amide bonds. The Kier molecular flexibility index (Phi) is 16.1. The molecule has 4 nitrogen and oxygen atoms in total. The minimum Gasteiger partial charge on any atom is -0.329 e. The Morgan fingerprint density at radius 1 is 1.08 bits per heavy atom. The van der Waals surface area contributed by atoms with E-state index in [1.165, 1.54) is 0 Å². The Bertz CT molecular complexity index is 62.1. The Morgan fingerprint density at radius 3 is 1.58 bits per heavy atom. The molecule has 4 N–H and O–H groups in total. The lowest BCUT2D eigenvalue weighted by atomic mass is 10.6. The second-order valence-corrected chi connectivity index (χ2v) is 2.80. The van der Waals surface area contributed by atoms with Crippen LogP contribution in [0.5, 0.6) is 0 Å². The summed E-state index contributed by atoms with van der Waals surface area (Å²) in [5, 5.41) is 6.01. The molecular weight excluding hydrogens is 152 g/mol. The molecule has 0 saturated heterocycles. The van der Waals surface area contributed by atoms with Gasteiger partial charge in [0, 0.05) is 26.2 Å². The van der Waals surface area contributed by atoms with E-state index in [9.17, 15) is 0 Å². The van der Waals surface area contributed by atoms with Crippen molar-refractivity contribution in [3.05, 3.63) is 0 Å². The van der Waals surface area contributed by atoms with Gasteiger partial charge in [0.15, 0.2) is 0 Å². The quantitative estimate of drug-likeness (QED) is 0.467. The van der Waals surface area contributed by atoms with Gasteiger partial charge in [-0.2, -0.15) is 0 Å². The second-order valence-electron chi connectivity index (χ2n) is 2.80. The predicted molar refractivity (Wildman–Crippen MR) is 55.5 cm³/mol. The van der Waals surface area contributed by atoms with Crippen molar-refractivity contribution in [3.63, 3.8) is 0 Å². The van der Waals surface area contributed by atoms with Gasteiger partial charge in [-0.1, -0.05) is 0 Å². The van der Waals surface area contributed by atoms with E-state index in [-0.39, 0.29) is 0 Å². The molecule has 0 heterocycles. The van der Waals surface area contributed by atoms with Gasteiger partial charge in [-0.25, -0.2) is 0 Å². The Balaban J connectivity index is 0. The number of nitrogens with zero attached hydrogens (tertiary/aromatic N) is 1. The Morgan fingerprint density at radius 2 is 1.50 bits per heavy atom. The maximum absolute atomic E-state index is 5.19. The molecule has 0 spiro atoms. The first-order valence-electron chi connectivity index (χ1n) is 4.33. The van der Waals surface area contributed by atoms with Gasteiger partial charge < -0.3 is 21.3 Å². The van der Waals surface area contributed by atoms with Gasteiger partial charge in [0.2, 0.25) is 0 Å². The molecule has 0 fully saturated rings. The lowest BCUT2D eigenvalue weighted by Gasteiger charge is -2.03. The van der Waals surface area contributed by atoms with E-state index < -0.39 is 0 Å². The highest BCUT2D eigenvalue weighted by molar-refractivity contribution is 4.39. The molecule has 0 unspecified atom stereocenters. The van der Waals surface area contributed by atoms with Gasteiger partial charge in [0.1, 0.15) is 0 Å². The van der Waals surface area contributed by atoms with Crippen molar-refractivity contribution >= 4 is 0 Å². The van der Waals surface area contributed by atoms with Gasteiger partial charge in [-0.15, -0.1) is 0 Å². The molecule has 0 aliphatic heterocycles. The van der Waals surface area contributed by atoms with Crippen LogP contribution in [0.4, 0.5) is 0 Å². The second kappa shape index (κ2) is 13.4. The van der Waals surface area contributed by atoms with E-state index in [2.05, 4.69) is 15.5 Å². The molecule has 0 aromatic carbocycles. The average Bonchev–Trinajstić information content (AvgIpc) is 2.02. The number of nitrogens with two attached hydrogens (primary N) is 1. The normalized spacial score (nSPS) is 9.50. The maximum Gasteiger partial charge on any atom is 0.00985 e. The van der Waals surface area contributed by atoms with Crippen molar-refractivity contribution in [2.75, 3.05) is 54.4 Å². The number of nitrogens with one attached hydrogen (secondary N) is 2. The standard InChI is InChI=1S/2C4H12N2/c1-6(2)4-3-5;1-5-3-4-6-2/h3-5H2,1-2H3;5-6H,3-4H2,1-2H3. The minimum atomic E-state index is 0.757. The summed E-state index contributed by atoms with van der Waals surface area (Å²) in [4.78, 5) is 2.06. The third-order valence-corrected chi connectivity index (χ3v) is 1.20. The van der Waals surface area contributed by atoms with Crippen molar-refractivity contribution in [2.24, 2.45) is 5.73 Å². The zero-order chi connectivity index (χ0) is 9.82. The minimum absolute atomic E-state index is 0.757. The fourth-order valence-electron chi connectivity index (χ4n) is 0.508. The monoisotopic (exact) mass is 176 g/mol. The first kappa shape index (κ1) is 14.4. The van der Waals surface area contributed by atoms with Gasteiger partial charge in [0.05, 0.1) is 0 Å². The third-order valence-electron chi connectivity index (χ3n) is 1.20. The zero-order valence-electron chi connectivity index (χ0n) is 8.85. The topological polar surface area (TPSA) is 53.3 Å². The Labute approximate surface area is 76.5 Å². The number of rotatable bonds is 5. The van der Waals surface area contributed by atoms with Crippen molar-refractivity contribution in [2.45, 2.75) is 0 Å². The van der Waals surface area contributed by atoms with Crippen LogP contribution in [0.2, 0.25) is 0 Å². The fraction of sp³-hybridized carbons (Fsp3) is 1.00. The zero-order valence-corrected chi connectivity index (χ0v) is 8.85. The van der Waals surface area contributed by atoms with E-state index in [1.54, 1.807) is 0 Å². The lowest BCUT2D eigenvalue weighted by molar-refractivity contribution is 0.420. The summed E-state index contributed by atoms with van der Waals surface area (Å²) in [6, 6.07) is 0. The average molecular weight is 176 g/mol. The van der Waals surface area contributed by atoms with Crippen LogP contribution in [-0.4, -0.2) is 59.3 Å². The molecule has 0 radical (unpaired) electrons. The van der Waals surface area contributed by atoms with Crippen LogP contribution in [0.25, 0.3) is 0 Å². The Hall–Kier alpha value is -0.160. The van der Waals surface area contributed by atoms with Crippen LogP contribution in [0.15, 0.2) is 0 Å². The van der Waals surface area contributed by atoms with Crippen LogP contribution in [-0.2, 0) is 0 Å². The molecule has 0 saturated carbocycles. The SMILES string of the molecule is CN(C)CCN.CNCCNC. The fourth-order valence-corrected chi connectivity index (χ4v) is 0.508. The molecule has 0 aromatic rings. The molecule has 0 rings (SSSR count). The number of likely N-dealkylation sites (N-methyl/N-ethyl adjacent to an activating group) is 3. The first-order valence-corrected chi connectivity index (χ1v) is 4.33. The van der Waals surface area contributed by atoms with Gasteiger partial charge >= 0.3 is 0 Å². The highest BCUT2D eigenvalue weighted by Crippen LogP contribution is 1.64. The lowest BCUT2D eigenvalue weighted by Crippen LogP contribution is -2.21. The molecule has 0 aliphatic carbocycles. The maximum atomic E-state index is 5.19. The van der Waals surface area contributed by atoms with Gasteiger partial charge in [-0.05, 0) is 28.2 Å². The summed E-state index contributed by atoms with van der Waals surface area (Å²) in [6.07, 6.45) is 0. The summed E-state index contributed by atoms with van der Waals surface area (Å²) >= 11 is 0. The van der Waals surface area contributed by atoms with E-state index in [0.717, 1.165) is 26.2 Å². The smallest absolute Gasteiger partial charge is 0.00985 e. The van der Waals surface area contributed by atoms with Crippen LogP contribution in [0.3, 0.4) is 0 Å². The molecule has 12 heavy (non-hydrogen) atoms. The van der Waals surface area contributed by atoms with Crippen LogP contribution < -0.4 is 16.4 Å². The number of hydrogen-bond acceptors (Lipinski definition) is 4. The van der Waals surface area contributed by atoms with Gasteiger partial charge in [0.25, 0.3) is 0 Å². The van der Waals surface area contributed by atoms with E-state index in [1.807, 2.05) is 28.2 Å². The molecule has 0 atom stereocenters. The summed E-state index contributed by atoms with van der Waals surface area (Å²) in [5.74, 6) is 0. The highest BCUT2D eigenvalue weighted by atomic mass is 15.1. The highest BCUT2D eigenvalue weighted by Gasteiger charge is 1.79. The molecule has 0 bridgehead atoms. The van der Waals surface area contributed by atoms with Crippen molar-refractivity contribution in [3.8, 4) is 0 Å². The van der Waals surface area contributed by atoms with E-state index in [4.69, 9.17) is 5.73 Å². The summed E-state index contributed by atoms with van der Waals surface area (Å²) in [6.45, 7) is 3.85. The van der Waals surface area contributed by atoms with Crippen LogP contribution in [0.1, 0.15) is 0 Å². The van der Waals surface area contributed by atoms with Crippen molar-refractivity contribution in [1.82, 2.24) is 15.5 Å². The van der Waals surface area contributed by atoms with Crippen LogP contribution >= 0.6 is 0 Å². The molecular formula is C8H24N4. The van der Waals surface area contributed by atoms with E-state index in [0.29, 0.717) is 0 Å². The molecule has 0 aliphatic rings. The van der Waals surface area contributed by atoms with Gasteiger partial charge in [-0.3, -0.25) is 0 Å². The van der Waals surface area contributed by atoms with Crippen LogP contribution in [0, 0.1) is 0 Å². The largest absolute Gasteiger partial charge is 0.329 e. The number of hydrogen-bond donors (Lipinski definition) is 3. The van der Waals surface area contributed by atoms with Crippen molar-refractivity contribution in [1.29, 1.82) is 0 Å². The molecule has 4 heteroatoms. The van der Waals surface area contributed by atoms with E-state index >= 15 is 0 Å². The molecule has 0 aromatic heterocycles. The summed E-state index contributed by atoms with van der Waals surface area (Å²) in [7, 11) is 7.90. The third kappa shape index (κ3) is 22.5. The van der Waals surface area contributed by atoms with Crippen molar-refractivity contribution < 1.29 is 0 Å². The molecule has 76 valence electrons.